The number of thioether (sulfide) groups is 1. The second kappa shape index (κ2) is 9.49. The molecule has 1 aromatic carbocycles. The summed E-state index contributed by atoms with van der Waals surface area (Å²) in [5, 5.41) is 12.1. The predicted molar refractivity (Wildman–Crippen MR) is 118 cm³/mol. The molecule has 0 saturated carbocycles. The lowest BCUT2D eigenvalue weighted by Gasteiger charge is -2.30. The molecule has 0 atom stereocenters. The molecule has 164 valence electrons. The summed E-state index contributed by atoms with van der Waals surface area (Å²) in [7, 11) is -3.12. The van der Waals surface area contributed by atoms with Crippen LogP contribution in [0.4, 0.5) is 0 Å². The van der Waals surface area contributed by atoms with Gasteiger partial charge in [-0.25, -0.2) is 12.7 Å². The number of hydrogen-bond acceptors (Lipinski definition) is 6. The van der Waals surface area contributed by atoms with Crippen molar-refractivity contribution in [3.8, 4) is 5.69 Å². The largest absolute Gasteiger partial charge is 0.355 e. The smallest absolute Gasteiger partial charge is 0.230 e. The van der Waals surface area contributed by atoms with Crippen molar-refractivity contribution < 1.29 is 13.2 Å². The third-order valence-corrected chi connectivity index (χ3v) is 7.60. The van der Waals surface area contributed by atoms with E-state index in [9.17, 15) is 13.2 Å². The Balaban J connectivity index is 1.53. The lowest BCUT2D eigenvalue weighted by molar-refractivity contribution is -0.118. The summed E-state index contributed by atoms with van der Waals surface area (Å²) in [6, 6.07) is 6.23. The number of sulfonamides is 1. The van der Waals surface area contributed by atoms with Crippen molar-refractivity contribution in [2.24, 2.45) is 5.92 Å². The summed E-state index contributed by atoms with van der Waals surface area (Å²) in [6.07, 6.45) is 2.77. The lowest BCUT2D eigenvalue weighted by Crippen LogP contribution is -2.41. The topological polar surface area (TPSA) is 97.2 Å². The summed E-state index contributed by atoms with van der Waals surface area (Å²) in [4.78, 5) is 12.4. The molecule has 3 rings (SSSR count). The molecule has 1 saturated heterocycles. The van der Waals surface area contributed by atoms with Crippen molar-refractivity contribution >= 4 is 27.7 Å². The van der Waals surface area contributed by atoms with Gasteiger partial charge in [-0.2, -0.15) is 0 Å². The Morgan fingerprint density at radius 3 is 2.57 bits per heavy atom. The third-order valence-electron chi connectivity index (χ3n) is 5.36. The Hall–Kier alpha value is -1.91. The van der Waals surface area contributed by atoms with E-state index in [4.69, 9.17) is 0 Å². The average Bonchev–Trinajstić information content (AvgIpc) is 3.06. The number of aryl methyl sites for hydroxylation is 3. The number of piperidine rings is 1. The quantitative estimate of drug-likeness (QED) is 0.648. The monoisotopic (exact) mass is 451 g/mol. The molecule has 0 spiro atoms. The van der Waals surface area contributed by atoms with E-state index >= 15 is 0 Å². The minimum atomic E-state index is -3.12. The van der Waals surface area contributed by atoms with E-state index in [-0.39, 0.29) is 11.7 Å². The number of amides is 1. The minimum absolute atomic E-state index is 0.0568. The number of nitrogens with one attached hydrogen (secondary N) is 1. The first-order chi connectivity index (χ1) is 14.1. The Kier molecular flexibility index (Phi) is 7.20. The summed E-state index contributed by atoms with van der Waals surface area (Å²) in [5.74, 6) is 1.28. The molecule has 1 fully saturated rings. The molecule has 10 heteroatoms. The molecule has 1 aromatic heterocycles. The van der Waals surface area contributed by atoms with E-state index in [1.54, 1.807) is 0 Å². The molecule has 8 nitrogen and oxygen atoms in total. The molecule has 0 aliphatic carbocycles. The Morgan fingerprint density at radius 1 is 1.20 bits per heavy atom. The molecular formula is C20H29N5O3S2. The SMILES string of the molecule is Cc1ccc(C)c(-n2c(C)nnc2SCC(=O)NCC2CCN(S(C)(=O)=O)CC2)c1. The van der Waals surface area contributed by atoms with Crippen molar-refractivity contribution in [2.45, 2.75) is 38.8 Å². The van der Waals surface area contributed by atoms with Crippen LogP contribution >= 0.6 is 11.8 Å². The predicted octanol–water partition coefficient (Wildman–Crippen LogP) is 2.07. The summed E-state index contributed by atoms with van der Waals surface area (Å²) < 4.78 is 26.7. The second-order valence-corrected chi connectivity index (χ2v) is 10.8. The van der Waals surface area contributed by atoms with E-state index in [0.717, 1.165) is 35.5 Å². The van der Waals surface area contributed by atoms with Crippen LogP contribution in [-0.2, 0) is 14.8 Å². The van der Waals surface area contributed by atoms with E-state index < -0.39 is 10.0 Å². The zero-order valence-electron chi connectivity index (χ0n) is 17.9. The van der Waals surface area contributed by atoms with Crippen LogP contribution in [0.25, 0.3) is 5.69 Å². The molecule has 1 aliphatic rings. The van der Waals surface area contributed by atoms with Gasteiger partial charge >= 0.3 is 0 Å². The fourth-order valence-corrected chi connectivity index (χ4v) is 5.25. The molecule has 0 unspecified atom stereocenters. The summed E-state index contributed by atoms with van der Waals surface area (Å²) in [5.41, 5.74) is 3.30. The van der Waals surface area contributed by atoms with Crippen LogP contribution < -0.4 is 5.32 Å². The third kappa shape index (κ3) is 5.61. The molecular weight excluding hydrogens is 422 g/mol. The number of rotatable bonds is 7. The normalized spacial score (nSPS) is 16.0. The van der Waals surface area contributed by atoms with Gasteiger partial charge in [-0.05, 0) is 56.7 Å². The van der Waals surface area contributed by atoms with Crippen LogP contribution in [0.15, 0.2) is 23.4 Å². The van der Waals surface area contributed by atoms with Gasteiger partial charge in [0.2, 0.25) is 15.9 Å². The first-order valence-corrected chi connectivity index (χ1v) is 12.8. The Morgan fingerprint density at radius 2 is 1.90 bits per heavy atom. The van der Waals surface area contributed by atoms with Gasteiger partial charge in [0.05, 0.1) is 17.7 Å². The van der Waals surface area contributed by atoms with Crippen LogP contribution in [0, 0.1) is 26.7 Å². The number of carbonyl (C=O) groups excluding carboxylic acids is 1. The van der Waals surface area contributed by atoms with Gasteiger partial charge in [-0.1, -0.05) is 23.9 Å². The van der Waals surface area contributed by atoms with Crippen molar-refractivity contribution in [3.63, 3.8) is 0 Å². The highest BCUT2D eigenvalue weighted by Crippen LogP contribution is 2.25. The molecule has 0 bridgehead atoms. The van der Waals surface area contributed by atoms with E-state index in [1.807, 2.05) is 25.3 Å². The number of benzene rings is 1. The van der Waals surface area contributed by atoms with Crippen LogP contribution in [0.5, 0.6) is 0 Å². The highest BCUT2D eigenvalue weighted by molar-refractivity contribution is 7.99. The maximum atomic E-state index is 12.4. The maximum absolute atomic E-state index is 12.4. The van der Waals surface area contributed by atoms with E-state index in [1.165, 1.54) is 22.3 Å². The van der Waals surface area contributed by atoms with Gasteiger partial charge in [0.15, 0.2) is 5.16 Å². The molecule has 1 aliphatic heterocycles. The maximum Gasteiger partial charge on any atom is 0.230 e. The fourth-order valence-electron chi connectivity index (χ4n) is 3.56. The van der Waals surface area contributed by atoms with Gasteiger partial charge in [0, 0.05) is 19.6 Å². The number of carbonyl (C=O) groups is 1. The number of nitrogens with zero attached hydrogens (tertiary/aromatic N) is 4. The van der Waals surface area contributed by atoms with Gasteiger partial charge in [-0.3, -0.25) is 9.36 Å². The van der Waals surface area contributed by atoms with Crippen LogP contribution in [0.2, 0.25) is 0 Å². The standard InChI is InChI=1S/C20H29N5O3S2/c1-14-5-6-15(2)18(11-14)25-16(3)22-23-20(25)29-13-19(26)21-12-17-7-9-24(10-8-17)30(4,27)28/h5-6,11,17H,7-10,12-13H2,1-4H3,(H,21,26). The first-order valence-electron chi connectivity index (χ1n) is 9.99. The van der Waals surface area contributed by atoms with Gasteiger partial charge in [0.25, 0.3) is 0 Å². The van der Waals surface area contributed by atoms with Crippen LogP contribution in [0.3, 0.4) is 0 Å². The Labute approximate surface area is 182 Å². The van der Waals surface area contributed by atoms with Crippen molar-refractivity contribution in [1.29, 1.82) is 0 Å². The Bertz CT molecular complexity index is 1010. The zero-order chi connectivity index (χ0) is 21.9. The molecule has 30 heavy (non-hydrogen) atoms. The number of aromatic nitrogens is 3. The van der Waals surface area contributed by atoms with Gasteiger partial charge < -0.3 is 5.32 Å². The van der Waals surface area contributed by atoms with Crippen molar-refractivity contribution in [3.05, 3.63) is 35.2 Å². The molecule has 1 amide bonds. The first kappa shape index (κ1) is 22.8. The van der Waals surface area contributed by atoms with Crippen molar-refractivity contribution in [2.75, 3.05) is 31.6 Å². The fraction of sp³-hybridized carbons (Fsp3) is 0.550. The van der Waals surface area contributed by atoms with Crippen LogP contribution in [-0.4, -0.2) is 65.0 Å². The van der Waals surface area contributed by atoms with Crippen LogP contribution in [0.1, 0.15) is 29.8 Å². The zero-order valence-corrected chi connectivity index (χ0v) is 19.5. The van der Waals surface area contributed by atoms with Gasteiger partial charge in [0.1, 0.15) is 5.82 Å². The summed E-state index contributed by atoms with van der Waals surface area (Å²) in [6.45, 7) is 7.61. The molecule has 0 radical (unpaired) electrons. The second-order valence-electron chi connectivity index (χ2n) is 7.85. The minimum Gasteiger partial charge on any atom is -0.355 e. The molecule has 2 aromatic rings. The molecule has 1 N–H and O–H groups in total. The highest BCUT2D eigenvalue weighted by Gasteiger charge is 2.25. The average molecular weight is 452 g/mol. The number of hydrogen-bond donors (Lipinski definition) is 1. The van der Waals surface area contributed by atoms with Crippen molar-refractivity contribution in [1.82, 2.24) is 24.4 Å². The van der Waals surface area contributed by atoms with Gasteiger partial charge in [-0.15, -0.1) is 10.2 Å². The summed E-state index contributed by atoms with van der Waals surface area (Å²) >= 11 is 1.37. The van der Waals surface area contributed by atoms with E-state index in [0.29, 0.717) is 30.7 Å². The lowest BCUT2D eigenvalue weighted by atomic mass is 9.98. The van der Waals surface area contributed by atoms with E-state index in [2.05, 4.69) is 33.7 Å². The highest BCUT2D eigenvalue weighted by atomic mass is 32.2. The molecule has 2 heterocycles.